The van der Waals surface area contributed by atoms with Crippen LogP contribution in [0.3, 0.4) is 0 Å². The number of aliphatic hydroxyl groups excluding tert-OH is 1. The van der Waals surface area contributed by atoms with Crippen molar-refractivity contribution in [1.29, 1.82) is 0 Å². The number of ketones is 1. The van der Waals surface area contributed by atoms with Crippen LogP contribution >= 0.6 is 0 Å². The maximum atomic E-state index is 15.8. The summed E-state index contributed by atoms with van der Waals surface area (Å²) in [5.41, 5.74) is -8.04. The van der Waals surface area contributed by atoms with E-state index in [4.69, 9.17) is 33.2 Å². The molecule has 18 nitrogen and oxygen atoms in total. The fraction of sp³-hybridized carbons (Fsp3) is 0.578. The van der Waals surface area contributed by atoms with E-state index >= 15 is 4.79 Å². The van der Waals surface area contributed by atoms with Crippen LogP contribution in [0.25, 0.3) is 0 Å². The molecule has 340 valence electrons. The fourth-order valence-corrected chi connectivity index (χ4v) is 10.3. The summed E-state index contributed by atoms with van der Waals surface area (Å²) in [6.45, 7) is 10.3. The summed E-state index contributed by atoms with van der Waals surface area (Å²) in [6, 6.07) is 11.1. The summed E-state index contributed by atoms with van der Waals surface area (Å²) in [5.74, 6) is -5.08. The molecule has 5 aliphatic rings. The molecule has 0 radical (unpaired) electrons. The van der Waals surface area contributed by atoms with Crippen molar-refractivity contribution < 1.29 is 72.1 Å². The Balaban J connectivity index is 1.42. The van der Waals surface area contributed by atoms with Gasteiger partial charge >= 0.3 is 30.1 Å². The number of aliphatic hydroxyl groups is 2. The summed E-state index contributed by atoms with van der Waals surface area (Å²) >= 11 is 0. The highest BCUT2D eigenvalue weighted by atomic mass is 16.6. The minimum Gasteiger partial charge on any atom is -0.456 e. The number of hydrogen-bond donors (Lipinski definition) is 3. The van der Waals surface area contributed by atoms with Crippen LogP contribution in [0.4, 0.5) is 9.59 Å². The first-order chi connectivity index (χ1) is 29.5. The molecule has 0 spiro atoms. The number of alkyl carbamates (subject to hydrolysis) is 1. The van der Waals surface area contributed by atoms with Gasteiger partial charge in [-0.2, -0.15) is 0 Å². The van der Waals surface area contributed by atoms with Crippen LogP contribution < -0.4 is 5.32 Å². The Hall–Kier alpha value is -5.43. The van der Waals surface area contributed by atoms with E-state index in [-0.39, 0.29) is 42.0 Å². The van der Waals surface area contributed by atoms with Crippen LogP contribution in [0.2, 0.25) is 0 Å². The molecule has 0 unspecified atom stereocenters. The van der Waals surface area contributed by atoms with Gasteiger partial charge in [0.2, 0.25) is 0 Å². The summed E-state index contributed by atoms with van der Waals surface area (Å²) in [6.07, 6.45) is -10.1. The zero-order valence-electron chi connectivity index (χ0n) is 36.7. The predicted molar refractivity (Wildman–Crippen MR) is 217 cm³/mol. The third kappa shape index (κ3) is 7.63. The van der Waals surface area contributed by atoms with Crippen molar-refractivity contribution in [2.45, 2.75) is 121 Å². The number of carbonyl (C=O) groups is 6. The summed E-state index contributed by atoms with van der Waals surface area (Å²) in [7, 11) is 2.80. The number of hydrogen-bond acceptors (Lipinski definition) is 16. The number of likely N-dealkylation sites (N-methyl/N-ethyl adjacent to an activating group) is 1. The molecule has 2 aromatic rings. The molecule has 2 aliphatic heterocycles. The largest absolute Gasteiger partial charge is 0.456 e. The zero-order chi connectivity index (χ0) is 46.0. The molecule has 3 N–H and O–H groups in total. The van der Waals surface area contributed by atoms with Crippen molar-refractivity contribution in [3.05, 3.63) is 77.1 Å². The lowest BCUT2D eigenvalue weighted by Crippen LogP contribution is -2.82. The van der Waals surface area contributed by atoms with Crippen LogP contribution in [-0.4, -0.2) is 137 Å². The number of pyridine rings is 1. The number of nitrogens with one attached hydrogen (secondary N) is 1. The van der Waals surface area contributed by atoms with Crippen molar-refractivity contribution in [1.82, 2.24) is 15.2 Å². The number of benzene rings is 1. The summed E-state index contributed by atoms with van der Waals surface area (Å²) < 4.78 is 42.4. The summed E-state index contributed by atoms with van der Waals surface area (Å²) in [5, 5.41) is 28.1. The molecule has 11 atom stereocenters. The number of Topliss-reactive ketones (excluding diaryl/α,β-unsaturated/α-hetero) is 1. The molecule has 2 bridgehead atoms. The molecule has 3 fully saturated rings. The molecule has 63 heavy (non-hydrogen) atoms. The first kappa shape index (κ1) is 45.6. The number of amides is 2. The third-order valence-corrected chi connectivity index (χ3v) is 13.4. The molecule has 1 aromatic carbocycles. The van der Waals surface area contributed by atoms with E-state index in [0.29, 0.717) is 0 Å². The van der Waals surface area contributed by atoms with Crippen molar-refractivity contribution in [3.63, 3.8) is 0 Å². The normalized spacial score (nSPS) is 33.0. The fourth-order valence-electron chi connectivity index (χ4n) is 10.3. The highest BCUT2D eigenvalue weighted by Gasteiger charge is 2.79. The van der Waals surface area contributed by atoms with Crippen LogP contribution in [0.1, 0.15) is 83.4 Å². The number of carbonyl (C=O) groups excluding carboxylic acids is 6. The van der Waals surface area contributed by atoms with E-state index in [1.54, 1.807) is 71.9 Å². The molecule has 2 amide bonds. The van der Waals surface area contributed by atoms with Gasteiger partial charge in [0.15, 0.2) is 23.6 Å². The lowest BCUT2D eigenvalue weighted by molar-refractivity contribution is -0.347. The molecule has 3 heterocycles. The second-order valence-corrected chi connectivity index (χ2v) is 18.7. The predicted octanol–water partition coefficient (Wildman–Crippen LogP) is 3.38. The number of nitrogens with zero attached hydrogens (tertiary/aromatic N) is 2. The Morgan fingerprint density at radius 1 is 1.02 bits per heavy atom. The van der Waals surface area contributed by atoms with Crippen molar-refractivity contribution in [2.24, 2.45) is 16.7 Å². The Morgan fingerprint density at radius 2 is 1.70 bits per heavy atom. The quantitative estimate of drug-likeness (QED) is 0.186. The first-order valence-electron chi connectivity index (χ1n) is 20.8. The monoisotopic (exact) mass is 877 g/mol. The standard InChI is InChI=1S/C45H55N3O15/c1-23(49)62-44-22-58-29(44)19-28(57-9)43(7)34(44)36(61-37(52)24-15-11-10-12-16-24)45(56)20-27(25-21-48(8)40(55)60-33(35(43)51)30(25)42(45,5)6)59-38(53)32(50)31(26-17-13-14-18-46-26)47-39(54)63-41(2,3)4/h10-18,27-29,31-34,36,50,56H,19-22H2,1-9H3,(H,47,54)/t27-,28-,29+,31-,32+,33+,34-,36-,43+,44-,45+/m0/s1. The lowest BCUT2D eigenvalue weighted by atomic mass is 9.44. The molecule has 2 saturated carbocycles. The minimum absolute atomic E-state index is 0.0308. The van der Waals surface area contributed by atoms with Gasteiger partial charge in [0.1, 0.15) is 35.6 Å². The van der Waals surface area contributed by atoms with Crippen LogP contribution in [0.15, 0.2) is 65.9 Å². The first-order valence-corrected chi connectivity index (χ1v) is 20.8. The zero-order valence-corrected chi connectivity index (χ0v) is 36.7. The maximum absolute atomic E-state index is 15.8. The Bertz CT molecular complexity index is 2190. The topological polar surface area (TPSA) is 236 Å². The minimum atomic E-state index is -2.36. The second kappa shape index (κ2) is 16.3. The van der Waals surface area contributed by atoms with Crippen LogP contribution in [-0.2, 0) is 47.5 Å². The molecule has 1 saturated heterocycles. The van der Waals surface area contributed by atoms with Gasteiger partial charge in [-0.1, -0.05) is 38.1 Å². The number of esters is 3. The van der Waals surface area contributed by atoms with E-state index in [1.165, 1.54) is 50.4 Å². The number of methoxy groups -OCH3 is 1. The molecule has 3 aliphatic carbocycles. The Morgan fingerprint density at radius 3 is 2.29 bits per heavy atom. The molecule has 1 aromatic heterocycles. The van der Waals surface area contributed by atoms with Gasteiger partial charge in [0.25, 0.3) is 0 Å². The van der Waals surface area contributed by atoms with Gasteiger partial charge in [0.05, 0.1) is 35.3 Å². The lowest BCUT2D eigenvalue weighted by Gasteiger charge is -2.67. The van der Waals surface area contributed by atoms with Gasteiger partial charge in [-0.3, -0.25) is 14.6 Å². The van der Waals surface area contributed by atoms with Gasteiger partial charge in [-0.15, -0.1) is 0 Å². The molecular formula is C45H55N3O15. The Labute approximate surface area is 364 Å². The van der Waals surface area contributed by atoms with Gasteiger partial charge in [-0.25, -0.2) is 19.2 Å². The molecule has 7 rings (SSSR count). The van der Waals surface area contributed by atoms with E-state index in [2.05, 4.69) is 10.3 Å². The number of aromatic nitrogens is 1. The van der Waals surface area contributed by atoms with E-state index in [0.717, 1.165) is 0 Å². The number of fused-ring (bicyclic) bond motifs is 4. The van der Waals surface area contributed by atoms with Gasteiger partial charge < -0.3 is 53.6 Å². The highest BCUT2D eigenvalue weighted by Crippen LogP contribution is 2.65. The van der Waals surface area contributed by atoms with Gasteiger partial charge in [-0.05, 0) is 63.1 Å². The number of ether oxygens (including phenoxy) is 7. The summed E-state index contributed by atoms with van der Waals surface area (Å²) in [4.78, 5) is 90.1. The van der Waals surface area contributed by atoms with Crippen molar-refractivity contribution in [2.75, 3.05) is 27.3 Å². The van der Waals surface area contributed by atoms with E-state index in [1.807, 2.05) is 0 Å². The average molecular weight is 878 g/mol. The maximum Gasteiger partial charge on any atom is 0.410 e. The smallest absolute Gasteiger partial charge is 0.410 e. The molecular weight excluding hydrogens is 823 g/mol. The second-order valence-electron chi connectivity index (χ2n) is 18.7. The number of rotatable bonds is 9. The van der Waals surface area contributed by atoms with E-state index < -0.39 is 119 Å². The van der Waals surface area contributed by atoms with Gasteiger partial charge in [0, 0.05) is 52.1 Å². The van der Waals surface area contributed by atoms with E-state index in [9.17, 15) is 34.2 Å². The molecule has 18 heteroatoms. The Kier molecular flexibility index (Phi) is 11.8. The van der Waals surface area contributed by atoms with Crippen molar-refractivity contribution in [3.8, 4) is 0 Å². The SMILES string of the molecule is CO[C@H]1C[C@H]2OC[C@@]2(OC(C)=O)[C@H]2[C@H](OC(=O)c3ccccc3)[C@]3(O)C[C@H](OC(=O)[C@H](O)[C@@H](NC(=O)OC(C)(C)C)c4ccccn4)C4=C([C@@H](OC(=O)N(C)C4)C(=O)[C@]12C)C3(C)C. The van der Waals surface area contributed by atoms with Crippen LogP contribution in [0.5, 0.6) is 0 Å². The van der Waals surface area contributed by atoms with Crippen molar-refractivity contribution >= 4 is 35.9 Å². The van der Waals surface area contributed by atoms with Crippen LogP contribution in [0, 0.1) is 16.7 Å². The third-order valence-electron chi connectivity index (χ3n) is 13.4. The average Bonchev–Trinajstić information content (AvgIpc) is 3.35. The highest BCUT2D eigenvalue weighted by molar-refractivity contribution is 5.96.